The van der Waals surface area contributed by atoms with Gasteiger partial charge in [-0.05, 0) is 70.8 Å². The predicted molar refractivity (Wildman–Crippen MR) is 174 cm³/mol. The average molecular weight is 803 g/mol. The van der Waals surface area contributed by atoms with Gasteiger partial charge in [0.1, 0.15) is 0 Å². The molecule has 2 saturated heterocycles. The molecule has 56 heavy (non-hydrogen) atoms. The van der Waals surface area contributed by atoms with Crippen LogP contribution in [0.5, 0.6) is 0 Å². The zero-order chi connectivity index (χ0) is 41.4. The Morgan fingerprint density at radius 2 is 0.696 bits per heavy atom. The summed E-state index contributed by atoms with van der Waals surface area (Å²) in [4.78, 5) is 53.9. The molecule has 4 aromatic rings. The summed E-state index contributed by atoms with van der Waals surface area (Å²) in [5.74, 6) is -8.37. The van der Waals surface area contributed by atoms with Crippen molar-refractivity contribution in [2.45, 2.75) is 37.5 Å². The molecule has 2 atom stereocenters. The second kappa shape index (κ2) is 13.3. The molecule has 0 bridgehead atoms. The molecule has 0 radical (unpaired) electrons. The maximum Gasteiger partial charge on any atom is 0.417 e. The zero-order valence-electron chi connectivity index (χ0n) is 27.7. The molecular formula is C36H22F12N4O4. The van der Waals surface area contributed by atoms with E-state index in [1.165, 1.54) is 0 Å². The summed E-state index contributed by atoms with van der Waals surface area (Å²) in [6.45, 7) is 0. The van der Waals surface area contributed by atoms with Crippen molar-refractivity contribution in [3.63, 3.8) is 0 Å². The lowest BCUT2D eigenvalue weighted by Crippen LogP contribution is -2.36. The Kier molecular flexibility index (Phi) is 9.40. The van der Waals surface area contributed by atoms with Crippen LogP contribution in [0.2, 0.25) is 0 Å². The molecule has 2 unspecified atom stereocenters. The number of alkyl halides is 12. The van der Waals surface area contributed by atoms with Gasteiger partial charge in [-0.3, -0.25) is 29.0 Å². The summed E-state index contributed by atoms with van der Waals surface area (Å²) in [5, 5.41) is 0. The van der Waals surface area contributed by atoms with Gasteiger partial charge in [0.2, 0.25) is 23.6 Å². The molecular weight excluding hydrogens is 780 g/mol. The Balaban J connectivity index is 1.33. The first-order valence-corrected chi connectivity index (χ1v) is 15.9. The molecule has 2 aliphatic heterocycles. The molecule has 4 N–H and O–H groups in total. The number of halogens is 12. The second-order valence-corrected chi connectivity index (χ2v) is 12.8. The fourth-order valence-electron chi connectivity index (χ4n) is 6.83. The van der Waals surface area contributed by atoms with Crippen LogP contribution in [-0.4, -0.2) is 23.6 Å². The number of nitrogen functional groups attached to an aromatic ring is 2. The number of anilines is 4. The number of carbonyl (C=O) groups excluding carboxylic acids is 4. The minimum Gasteiger partial charge on any atom is -0.399 e. The molecule has 2 heterocycles. The number of nitrogens with two attached hydrogens (primary N) is 2. The van der Waals surface area contributed by atoms with Gasteiger partial charge in [0.05, 0.1) is 45.5 Å². The zero-order valence-corrected chi connectivity index (χ0v) is 27.7. The van der Waals surface area contributed by atoms with E-state index in [2.05, 4.69) is 0 Å². The number of imide groups is 2. The maximum atomic E-state index is 14.3. The summed E-state index contributed by atoms with van der Waals surface area (Å²) in [6.07, 6.45) is -22.7. The van der Waals surface area contributed by atoms with Crippen LogP contribution < -0.4 is 21.3 Å². The van der Waals surface area contributed by atoms with Gasteiger partial charge in [-0.2, -0.15) is 52.7 Å². The van der Waals surface area contributed by atoms with Crippen molar-refractivity contribution in [3.05, 3.63) is 95.1 Å². The van der Waals surface area contributed by atoms with Crippen LogP contribution in [0.4, 0.5) is 75.4 Å². The van der Waals surface area contributed by atoms with E-state index in [4.69, 9.17) is 11.5 Å². The average Bonchev–Trinajstić information content (AvgIpc) is 3.54. The largest absolute Gasteiger partial charge is 0.417 e. The van der Waals surface area contributed by atoms with Crippen LogP contribution in [-0.2, 0) is 43.9 Å². The first-order valence-electron chi connectivity index (χ1n) is 15.9. The Hall–Kier alpha value is -6.08. The summed E-state index contributed by atoms with van der Waals surface area (Å²) in [6, 6.07) is 7.36. The molecule has 20 heteroatoms. The number of carbonyl (C=O) groups is 4. The van der Waals surface area contributed by atoms with Crippen LogP contribution in [0.3, 0.4) is 0 Å². The molecule has 294 valence electrons. The van der Waals surface area contributed by atoms with Crippen molar-refractivity contribution < 1.29 is 71.9 Å². The Labute approximate surface area is 306 Å². The molecule has 0 saturated carbocycles. The molecule has 0 aliphatic carbocycles. The highest BCUT2D eigenvalue weighted by Gasteiger charge is 2.53. The third-order valence-corrected chi connectivity index (χ3v) is 9.26. The van der Waals surface area contributed by atoms with E-state index in [1.807, 2.05) is 0 Å². The van der Waals surface area contributed by atoms with Crippen LogP contribution in [0.15, 0.2) is 72.8 Å². The number of rotatable bonds is 5. The fraction of sp³-hybridized carbons (Fsp3) is 0.222. The van der Waals surface area contributed by atoms with Gasteiger partial charge >= 0.3 is 24.7 Å². The minimum atomic E-state index is -5.35. The molecule has 0 spiro atoms. The fourth-order valence-corrected chi connectivity index (χ4v) is 6.83. The minimum absolute atomic E-state index is 0.249. The van der Waals surface area contributed by atoms with Gasteiger partial charge in [-0.15, -0.1) is 0 Å². The number of benzene rings is 4. The third kappa shape index (κ3) is 7.10. The first kappa shape index (κ1) is 39.6. The molecule has 2 aliphatic rings. The van der Waals surface area contributed by atoms with Crippen LogP contribution in [0.1, 0.15) is 35.1 Å². The van der Waals surface area contributed by atoms with E-state index in [-0.39, 0.29) is 21.9 Å². The van der Waals surface area contributed by atoms with Gasteiger partial charge in [-0.25, -0.2) is 0 Å². The highest BCUT2D eigenvalue weighted by molar-refractivity contribution is 6.26. The monoisotopic (exact) mass is 802 g/mol. The van der Waals surface area contributed by atoms with E-state index in [1.54, 1.807) is 0 Å². The quantitative estimate of drug-likeness (QED) is 0.118. The molecule has 8 nitrogen and oxygen atoms in total. The number of nitrogens with zero attached hydrogens (tertiary/aromatic N) is 2. The second-order valence-electron chi connectivity index (χ2n) is 12.8. The van der Waals surface area contributed by atoms with E-state index in [9.17, 15) is 71.9 Å². The van der Waals surface area contributed by atoms with E-state index < -0.39 is 140 Å². The van der Waals surface area contributed by atoms with Gasteiger partial charge in [0.15, 0.2) is 0 Å². The standard InChI is InChI=1S/C36H22F12N4O4/c37-33(38,39)25-9-15(49)1-5-19(25)21-7-3-17(11-27(21)35(43,44)45)51-29(53)13-23(31(51)55)24-14-30(54)52(32(24)56)18-4-8-22(28(12-18)36(46,47)48)20-6-2-16(50)10-26(20)34(40,41)42/h1-12,23-24H,13-14,49-50H2. The summed E-state index contributed by atoms with van der Waals surface area (Å²) in [5.41, 5.74) is -1.63. The summed E-state index contributed by atoms with van der Waals surface area (Å²) < 4.78 is 169. The molecule has 4 aromatic carbocycles. The Morgan fingerprint density at radius 3 is 0.982 bits per heavy atom. The van der Waals surface area contributed by atoms with Gasteiger partial charge < -0.3 is 11.5 Å². The normalized spacial score (nSPS) is 18.4. The van der Waals surface area contributed by atoms with E-state index in [0.29, 0.717) is 36.4 Å². The highest BCUT2D eigenvalue weighted by Crippen LogP contribution is 2.48. The van der Waals surface area contributed by atoms with Crippen LogP contribution >= 0.6 is 0 Å². The SMILES string of the molecule is Nc1ccc(-c2ccc(N3C(=O)CC(C4CC(=O)N(c5ccc(-c6ccc(N)cc6C(F)(F)F)c(C(F)(F)F)c5)C4=O)C3=O)cc2C(F)(F)F)c(C(F)(F)F)c1. The third-order valence-electron chi connectivity index (χ3n) is 9.26. The number of amides is 4. The summed E-state index contributed by atoms with van der Waals surface area (Å²) >= 11 is 0. The van der Waals surface area contributed by atoms with Gasteiger partial charge in [0.25, 0.3) is 0 Å². The predicted octanol–water partition coefficient (Wildman–Crippen LogP) is 8.72. The summed E-state index contributed by atoms with van der Waals surface area (Å²) in [7, 11) is 0. The lowest BCUT2D eigenvalue weighted by atomic mass is 9.89. The smallest absolute Gasteiger partial charge is 0.399 e. The molecule has 4 amide bonds. The van der Waals surface area contributed by atoms with Crippen molar-refractivity contribution in [2.75, 3.05) is 21.3 Å². The van der Waals surface area contributed by atoms with Crippen LogP contribution in [0.25, 0.3) is 22.3 Å². The van der Waals surface area contributed by atoms with Crippen molar-refractivity contribution in [1.82, 2.24) is 0 Å². The Bertz CT molecular complexity index is 2150. The van der Waals surface area contributed by atoms with Crippen molar-refractivity contribution in [1.29, 1.82) is 0 Å². The lowest BCUT2D eigenvalue weighted by Gasteiger charge is -2.22. The van der Waals surface area contributed by atoms with Gasteiger partial charge in [0, 0.05) is 24.2 Å². The molecule has 2 fully saturated rings. The number of hydrogen-bond donors (Lipinski definition) is 2. The Morgan fingerprint density at radius 1 is 0.429 bits per heavy atom. The topological polar surface area (TPSA) is 127 Å². The van der Waals surface area contributed by atoms with E-state index >= 15 is 0 Å². The van der Waals surface area contributed by atoms with Crippen LogP contribution in [0, 0.1) is 11.8 Å². The maximum absolute atomic E-state index is 14.3. The lowest BCUT2D eigenvalue weighted by molar-refractivity contribution is -0.139. The van der Waals surface area contributed by atoms with Crippen molar-refractivity contribution in [2.24, 2.45) is 11.8 Å². The first-order chi connectivity index (χ1) is 25.8. The number of hydrogen-bond acceptors (Lipinski definition) is 6. The van der Waals surface area contributed by atoms with E-state index in [0.717, 1.165) is 24.3 Å². The highest BCUT2D eigenvalue weighted by atomic mass is 19.4. The van der Waals surface area contributed by atoms with Crippen molar-refractivity contribution in [3.8, 4) is 22.3 Å². The van der Waals surface area contributed by atoms with Gasteiger partial charge in [-0.1, -0.05) is 24.3 Å². The van der Waals surface area contributed by atoms with Crippen molar-refractivity contribution >= 4 is 46.4 Å². The molecule has 0 aromatic heterocycles. The molecule has 6 rings (SSSR count).